The van der Waals surface area contributed by atoms with Crippen LogP contribution in [0.2, 0.25) is 5.28 Å². The summed E-state index contributed by atoms with van der Waals surface area (Å²) >= 11 is 5.73. The van der Waals surface area contributed by atoms with E-state index in [1.54, 1.807) is 6.20 Å². The van der Waals surface area contributed by atoms with Crippen molar-refractivity contribution < 1.29 is 0 Å². The molecule has 0 radical (unpaired) electrons. The van der Waals surface area contributed by atoms with Gasteiger partial charge >= 0.3 is 0 Å². The van der Waals surface area contributed by atoms with Gasteiger partial charge in [-0.15, -0.1) is 0 Å². The van der Waals surface area contributed by atoms with E-state index in [0.717, 1.165) is 18.8 Å². The Morgan fingerprint density at radius 1 is 1.64 bits per heavy atom. The second kappa shape index (κ2) is 4.11. The molecule has 0 aliphatic carbocycles. The Labute approximate surface area is 88.1 Å². The van der Waals surface area contributed by atoms with Crippen molar-refractivity contribution in [2.24, 2.45) is 5.73 Å². The third-order valence-electron chi connectivity index (χ3n) is 2.55. The third-order valence-corrected chi connectivity index (χ3v) is 2.74. The average molecular weight is 213 g/mol. The predicted octanol–water partition coefficient (Wildman–Crippen LogP) is 1.06. The Kier molecular flexibility index (Phi) is 2.84. The summed E-state index contributed by atoms with van der Waals surface area (Å²) in [4.78, 5) is 10.2. The zero-order valence-electron chi connectivity index (χ0n) is 7.86. The molecule has 1 aromatic rings. The molecule has 0 bridgehead atoms. The first-order chi connectivity index (χ1) is 6.81. The monoisotopic (exact) mass is 212 g/mol. The van der Waals surface area contributed by atoms with Gasteiger partial charge in [-0.1, -0.05) is 0 Å². The van der Waals surface area contributed by atoms with E-state index >= 15 is 0 Å². The highest BCUT2D eigenvalue weighted by atomic mass is 35.5. The van der Waals surface area contributed by atoms with Crippen LogP contribution in [-0.4, -0.2) is 29.1 Å². The van der Waals surface area contributed by atoms with Gasteiger partial charge in [0.15, 0.2) is 0 Å². The Morgan fingerprint density at radius 2 is 2.50 bits per heavy atom. The molecule has 0 saturated carbocycles. The molecule has 5 heteroatoms. The highest BCUT2D eigenvalue weighted by molar-refractivity contribution is 6.28. The van der Waals surface area contributed by atoms with E-state index in [-0.39, 0.29) is 0 Å². The van der Waals surface area contributed by atoms with Gasteiger partial charge in [-0.05, 0) is 30.5 Å². The summed E-state index contributed by atoms with van der Waals surface area (Å²) < 4.78 is 0. The fraction of sp³-hybridized carbons (Fsp3) is 0.556. The molecular formula is C9H13ClN4. The van der Waals surface area contributed by atoms with Crippen LogP contribution in [0.4, 0.5) is 5.82 Å². The number of anilines is 1. The van der Waals surface area contributed by atoms with E-state index in [1.807, 2.05) is 6.07 Å². The van der Waals surface area contributed by atoms with Gasteiger partial charge in [0.05, 0.1) is 0 Å². The second-order valence-electron chi connectivity index (χ2n) is 3.41. The minimum Gasteiger partial charge on any atom is -0.352 e. The molecule has 4 nitrogen and oxygen atoms in total. The number of rotatable bonds is 2. The van der Waals surface area contributed by atoms with Gasteiger partial charge in [-0.3, -0.25) is 0 Å². The number of aromatic nitrogens is 2. The Hall–Kier alpha value is -0.870. The number of hydrogen-bond donors (Lipinski definition) is 1. The van der Waals surface area contributed by atoms with Crippen LogP contribution in [0.1, 0.15) is 12.8 Å². The SMILES string of the molecule is NC[C@@H]1CCCN1c1ccnc(Cl)n1. The van der Waals surface area contributed by atoms with Gasteiger partial charge in [0, 0.05) is 25.3 Å². The molecule has 0 amide bonds. The quantitative estimate of drug-likeness (QED) is 0.745. The summed E-state index contributed by atoms with van der Waals surface area (Å²) in [7, 11) is 0. The van der Waals surface area contributed by atoms with E-state index < -0.39 is 0 Å². The number of hydrogen-bond acceptors (Lipinski definition) is 4. The summed E-state index contributed by atoms with van der Waals surface area (Å²) in [6.45, 7) is 1.68. The van der Waals surface area contributed by atoms with Crippen LogP contribution < -0.4 is 10.6 Å². The van der Waals surface area contributed by atoms with Crippen molar-refractivity contribution >= 4 is 17.4 Å². The summed E-state index contributed by atoms with van der Waals surface area (Å²) in [5.74, 6) is 0.887. The van der Waals surface area contributed by atoms with Crippen LogP contribution in [-0.2, 0) is 0 Å². The van der Waals surface area contributed by atoms with E-state index in [0.29, 0.717) is 17.9 Å². The lowest BCUT2D eigenvalue weighted by Gasteiger charge is -2.24. The predicted molar refractivity (Wildman–Crippen MR) is 56.5 cm³/mol. The molecule has 1 aliphatic rings. The van der Waals surface area contributed by atoms with Crippen molar-refractivity contribution in [3.05, 3.63) is 17.5 Å². The lowest BCUT2D eigenvalue weighted by molar-refractivity contribution is 0.671. The highest BCUT2D eigenvalue weighted by Gasteiger charge is 2.24. The normalized spacial score (nSPS) is 21.6. The Morgan fingerprint density at radius 3 is 3.21 bits per heavy atom. The minimum absolute atomic E-state index is 0.296. The van der Waals surface area contributed by atoms with Crippen molar-refractivity contribution in [2.45, 2.75) is 18.9 Å². The first-order valence-corrected chi connectivity index (χ1v) is 5.14. The molecule has 1 aromatic heterocycles. The van der Waals surface area contributed by atoms with Gasteiger partial charge in [0.1, 0.15) is 5.82 Å². The number of nitrogens with two attached hydrogens (primary N) is 1. The van der Waals surface area contributed by atoms with E-state index in [4.69, 9.17) is 17.3 Å². The molecular weight excluding hydrogens is 200 g/mol. The van der Waals surface area contributed by atoms with Crippen LogP contribution >= 0.6 is 11.6 Å². The Bertz CT molecular complexity index is 317. The third kappa shape index (κ3) is 1.81. The van der Waals surface area contributed by atoms with Crippen LogP contribution in [0, 0.1) is 0 Å². The van der Waals surface area contributed by atoms with Crippen LogP contribution in [0.15, 0.2) is 12.3 Å². The molecule has 1 fully saturated rings. The summed E-state index contributed by atoms with van der Waals surface area (Å²) in [6, 6.07) is 2.28. The van der Waals surface area contributed by atoms with Crippen LogP contribution in [0.25, 0.3) is 0 Å². The zero-order valence-corrected chi connectivity index (χ0v) is 8.61. The molecule has 14 heavy (non-hydrogen) atoms. The first-order valence-electron chi connectivity index (χ1n) is 4.76. The first kappa shape index (κ1) is 9.68. The van der Waals surface area contributed by atoms with E-state index in [2.05, 4.69) is 14.9 Å². The van der Waals surface area contributed by atoms with Crippen molar-refractivity contribution in [2.75, 3.05) is 18.0 Å². The molecule has 1 aliphatic heterocycles. The maximum atomic E-state index is 5.73. The number of nitrogens with zero attached hydrogens (tertiary/aromatic N) is 3. The lowest BCUT2D eigenvalue weighted by Crippen LogP contribution is -2.35. The molecule has 76 valence electrons. The molecule has 0 unspecified atom stereocenters. The Balaban J connectivity index is 2.21. The standard InChI is InChI=1S/C9H13ClN4/c10-9-12-4-3-8(13-9)14-5-1-2-7(14)6-11/h3-4,7H,1-2,5-6,11H2/t7-/m0/s1. The van der Waals surface area contributed by atoms with Crippen LogP contribution in [0.3, 0.4) is 0 Å². The van der Waals surface area contributed by atoms with Crippen molar-refractivity contribution in [1.82, 2.24) is 9.97 Å². The topological polar surface area (TPSA) is 55.0 Å². The molecule has 2 heterocycles. The summed E-state index contributed by atoms with van der Waals surface area (Å²) in [6.07, 6.45) is 3.98. The largest absolute Gasteiger partial charge is 0.352 e. The maximum Gasteiger partial charge on any atom is 0.224 e. The summed E-state index contributed by atoms with van der Waals surface area (Å²) in [5, 5.41) is 0.296. The molecule has 2 N–H and O–H groups in total. The van der Waals surface area contributed by atoms with Crippen molar-refractivity contribution in [1.29, 1.82) is 0 Å². The zero-order chi connectivity index (χ0) is 9.97. The van der Waals surface area contributed by atoms with Crippen LogP contribution in [0.5, 0.6) is 0 Å². The summed E-state index contributed by atoms with van der Waals surface area (Å²) in [5.41, 5.74) is 5.68. The molecule has 0 spiro atoms. The molecule has 2 rings (SSSR count). The van der Waals surface area contributed by atoms with Gasteiger partial charge < -0.3 is 10.6 Å². The van der Waals surface area contributed by atoms with E-state index in [1.165, 1.54) is 6.42 Å². The fourth-order valence-electron chi connectivity index (χ4n) is 1.87. The van der Waals surface area contributed by atoms with Gasteiger partial charge in [-0.2, -0.15) is 0 Å². The van der Waals surface area contributed by atoms with Gasteiger partial charge in [-0.25, -0.2) is 9.97 Å². The maximum absolute atomic E-state index is 5.73. The lowest BCUT2D eigenvalue weighted by atomic mass is 10.2. The second-order valence-corrected chi connectivity index (χ2v) is 3.75. The molecule has 1 atom stereocenters. The van der Waals surface area contributed by atoms with Crippen molar-refractivity contribution in [3.8, 4) is 0 Å². The number of halogens is 1. The van der Waals surface area contributed by atoms with Gasteiger partial charge in [0.25, 0.3) is 0 Å². The van der Waals surface area contributed by atoms with Crippen molar-refractivity contribution in [3.63, 3.8) is 0 Å². The highest BCUT2D eigenvalue weighted by Crippen LogP contribution is 2.23. The molecule has 1 saturated heterocycles. The van der Waals surface area contributed by atoms with E-state index in [9.17, 15) is 0 Å². The smallest absolute Gasteiger partial charge is 0.224 e. The average Bonchev–Trinajstić information content (AvgIpc) is 2.65. The minimum atomic E-state index is 0.296. The van der Waals surface area contributed by atoms with Gasteiger partial charge in [0.2, 0.25) is 5.28 Å². The molecule has 0 aromatic carbocycles. The fourth-order valence-corrected chi connectivity index (χ4v) is 2.01.